The van der Waals surface area contributed by atoms with Crippen molar-refractivity contribution in [3.8, 4) is 11.5 Å². The Morgan fingerprint density at radius 1 is 1.16 bits per heavy atom. The number of halogens is 1. The summed E-state index contributed by atoms with van der Waals surface area (Å²) in [5, 5.41) is 10.9. The number of aryl methyl sites for hydroxylation is 1. The Morgan fingerprint density at radius 2 is 2.02 bits per heavy atom. The van der Waals surface area contributed by atoms with Crippen LogP contribution < -0.4 is 25.4 Å². The van der Waals surface area contributed by atoms with E-state index in [4.69, 9.17) is 21.1 Å². The van der Waals surface area contributed by atoms with Gasteiger partial charge in [-0.3, -0.25) is 14.6 Å². The lowest BCUT2D eigenvalue weighted by atomic mass is 10.1. The number of carbonyl (C=O) groups is 2. The Kier molecular flexibility index (Phi) is 10.2. The van der Waals surface area contributed by atoms with Crippen LogP contribution in [-0.2, 0) is 22.4 Å². The highest BCUT2D eigenvalue weighted by molar-refractivity contribution is 6.30. The molecule has 3 N–H and O–H groups in total. The molecular weight excluding hydrogens is 570 g/mol. The van der Waals surface area contributed by atoms with Crippen LogP contribution >= 0.6 is 11.6 Å². The highest BCUT2D eigenvalue weighted by Gasteiger charge is 2.19. The molecule has 0 unspecified atom stereocenters. The van der Waals surface area contributed by atoms with Crippen molar-refractivity contribution in [2.75, 3.05) is 51.8 Å². The number of hydrogen-bond donors (Lipinski definition) is 3. The standard InChI is InChI=1S/C31H34ClN7O4/c1-42-27-17-26-24-16-28(27)43-14-13-39(30(41)18-34-12-8-21-6-10-33-11-7-21)19-29(40)35-9-2-3-22-4-5-23(32)15-25(22)38-31(24)37-20-36-26/h4-7,10-11,15-17,20,34H,2-3,8-9,12-14,18-19H2,1H3,(H,35,40)(H,36,37,38). The number of nitrogens with zero attached hydrogens (tertiary/aromatic N) is 4. The van der Waals surface area contributed by atoms with E-state index in [-0.39, 0.29) is 38.1 Å². The number of benzene rings is 2. The van der Waals surface area contributed by atoms with Crippen LogP contribution in [0.5, 0.6) is 11.5 Å². The molecule has 224 valence electrons. The summed E-state index contributed by atoms with van der Waals surface area (Å²) in [6.07, 6.45) is 7.12. The van der Waals surface area contributed by atoms with E-state index < -0.39 is 0 Å². The number of ether oxygens (including phenoxy) is 2. The average molecular weight is 604 g/mol. The maximum absolute atomic E-state index is 13.2. The summed E-state index contributed by atoms with van der Waals surface area (Å²) in [4.78, 5) is 40.5. The summed E-state index contributed by atoms with van der Waals surface area (Å²) in [6, 6.07) is 13.1. The molecular formula is C31H34ClN7O4. The monoisotopic (exact) mass is 603 g/mol. The molecule has 1 aliphatic heterocycles. The zero-order valence-corrected chi connectivity index (χ0v) is 24.7. The predicted molar refractivity (Wildman–Crippen MR) is 165 cm³/mol. The number of rotatable bonds is 6. The average Bonchev–Trinajstić information content (AvgIpc) is 3.02. The van der Waals surface area contributed by atoms with E-state index in [1.54, 1.807) is 25.6 Å². The fourth-order valence-corrected chi connectivity index (χ4v) is 5.00. The number of anilines is 2. The molecule has 2 aromatic heterocycles. The van der Waals surface area contributed by atoms with Crippen molar-refractivity contribution in [1.82, 2.24) is 30.5 Å². The second-order valence-corrected chi connectivity index (χ2v) is 10.5. The minimum absolute atomic E-state index is 0.0746. The van der Waals surface area contributed by atoms with Gasteiger partial charge < -0.3 is 30.3 Å². The molecule has 0 fully saturated rings. The van der Waals surface area contributed by atoms with Crippen molar-refractivity contribution in [2.24, 2.45) is 0 Å². The molecule has 0 aliphatic carbocycles. The van der Waals surface area contributed by atoms with Crippen molar-refractivity contribution in [3.05, 3.63) is 77.3 Å². The van der Waals surface area contributed by atoms with Gasteiger partial charge in [0.15, 0.2) is 11.5 Å². The lowest BCUT2D eigenvalue weighted by Gasteiger charge is -2.23. The lowest BCUT2D eigenvalue weighted by molar-refractivity contribution is -0.135. The summed E-state index contributed by atoms with van der Waals surface area (Å²) in [7, 11) is 1.56. The molecule has 2 amide bonds. The Balaban J connectivity index is 1.36. The number of nitrogens with one attached hydrogen (secondary N) is 3. The van der Waals surface area contributed by atoms with Crippen LogP contribution in [-0.4, -0.2) is 78.1 Å². The molecule has 11 nitrogen and oxygen atoms in total. The molecule has 5 rings (SSSR count). The second-order valence-electron chi connectivity index (χ2n) is 10.1. The van der Waals surface area contributed by atoms with E-state index in [1.807, 2.05) is 36.4 Å². The fraction of sp³-hybridized carbons (Fsp3) is 0.323. The second kappa shape index (κ2) is 14.6. The normalized spacial score (nSPS) is 14.3. The summed E-state index contributed by atoms with van der Waals surface area (Å²) >= 11 is 6.34. The summed E-state index contributed by atoms with van der Waals surface area (Å²) in [5.41, 5.74) is 3.64. The Morgan fingerprint density at radius 3 is 2.86 bits per heavy atom. The Hall–Kier alpha value is -4.48. The van der Waals surface area contributed by atoms with E-state index in [2.05, 4.69) is 30.9 Å². The highest BCUT2D eigenvalue weighted by Crippen LogP contribution is 2.35. The topological polar surface area (TPSA) is 131 Å². The number of amides is 2. The zero-order chi connectivity index (χ0) is 30.0. The molecule has 43 heavy (non-hydrogen) atoms. The van der Waals surface area contributed by atoms with Crippen LogP contribution in [0.4, 0.5) is 11.5 Å². The molecule has 0 saturated carbocycles. The van der Waals surface area contributed by atoms with Crippen LogP contribution in [0.25, 0.3) is 10.9 Å². The Bertz CT molecular complexity index is 1570. The number of pyridine rings is 1. The van der Waals surface area contributed by atoms with Gasteiger partial charge in [0.25, 0.3) is 0 Å². The van der Waals surface area contributed by atoms with Gasteiger partial charge in [0.05, 0.1) is 32.3 Å². The Labute approximate surface area is 255 Å². The van der Waals surface area contributed by atoms with Crippen molar-refractivity contribution in [3.63, 3.8) is 0 Å². The minimum Gasteiger partial charge on any atom is -0.493 e. The first-order valence-electron chi connectivity index (χ1n) is 14.2. The number of aromatic nitrogens is 3. The third-order valence-corrected chi connectivity index (χ3v) is 7.35. The summed E-state index contributed by atoms with van der Waals surface area (Å²) in [6.45, 7) is 1.45. The molecule has 2 bridgehead atoms. The quantitative estimate of drug-likeness (QED) is 0.283. The van der Waals surface area contributed by atoms with Crippen molar-refractivity contribution in [2.45, 2.75) is 19.3 Å². The van der Waals surface area contributed by atoms with E-state index in [1.165, 1.54) is 11.2 Å². The first-order chi connectivity index (χ1) is 21.0. The maximum Gasteiger partial charge on any atom is 0.239 e. The van der Waals surface area contributed by atoms with Crippen molar-refractivity contribution < 1.29 is 19.1 Å². The minimum atomic E-state index is -0.231. The van der Waals surface area contributed by atoms with Crippen LogP contribution in [0.2, 0.25) is 5.02 Å². The van der Waals surface area contributed by atoms with Gasteiger partial charge in [0.1, 0.15) is 18.8 Å². The van der Waals surface area contributed by atoms with Crippen LogP contribution in [0.15, 0.2) is 61.2 Å². The van der Waals surface area contributed by atoms with Gasteiger partial charge >= 0.3 is 0 Å². The van der Waals surface area contributed by atoms with Crippen LogP contribution in [0.1, 0.15) is 17.5 Å². The van der Waals surface area contributed by atoms with Gasteiger partial charge in [-0.25, -0.2) is 9.97 Å². The molecule has 4 aromatic rings. The van der Waals surface area contributed by atoms with Crippen molar-refractivity contribution in [1.29, 1.82) is 0 Å². The number of fused-ring (bicyclic) bond motifs is 2. The molecule has 0 saturated heterocycles. The van der Waals surface area contributed by atoms with E-state index in [0.29, 0.717) is 53.8 Å². The maximum atomic E-state index is 13.2. The first kappa shape index (κ1) is 30.0. The first-order valence-corrected chi connectivity index (χ1v) is 14.5. The molecule has 3 heterocycles. The van der Waals surface area contributed by atoms with Gasteiger partial charge in [0.2, 0.25) is 11.8 Å². The van der Waals surface area contributed by atoms with Crippen LogP contribution in [0.3, 0.4) is 0 Å². The van der Waals surface area contributed by atoms with Gasteiger partial charge in [-0.1, -0.05) is 17.7 Å². The largest absolute Gasteiger partial charge is 0.493 e. The smallest absolute Gasteiger partial charge is 0.239 e. The van der Waals surface area contributed by atoms with Crippen LogP contribution in [0, 0.1) is 0 Å². The lowest BCUT2D eigenvalue weighted by Crippen LogP contribution is -2.46. The molecule has 2 aromatic carbocycles. The number of hydrogen-bond acceptors (Lipinski definition) is 9. The molecule has 1 aliphatic rings. The highest BCUT2D eigenvalue weighted by atomic mass is 35.5. The molecule has 0 spiro atoms. The van der Waals surface area contributed by atoms with Gasteiger partial charge in [-0.05, 0) is 67.3 Å². The fourth-order valence-electron chi connectivity index (χ4n) is 4.83. The van der Waals surface area contributed by atoms with Gasteiger partial charge in [-0.2, -0.15) is 0 Å². The molecule has 0 atom stereocenters. The molecule has 0 radical (unpaired) electrons. The van der Waals surface area contributed by atoms with E-state index in [0.717, 1.165) is 28.6 Å². The summed E-state index contributed by atoms with van der Waals surface area (Å²) < 4.78 is 11.7. The SMILES string of the molecule is COc1cc2ncnc3c2cc1OCCN(C(=O)CNCCc1ccncc1)CC(=O)NCCCc1ccc(Cl)cc1N3. The van der Waals surface area contributed by atoms with E-state index in [9.17, 15) is 9.59 Å². The van der Waals surface area contributed by atoms with E-state index >= 15 is 0 Å². The third kappa shape index (κ3) is 8.08. The number of carbonyl (C=O) groups excluding carboxylic acids is 2. The molecule has 12 heteroatoms. The predicted octanol–water partition coefficient (Wildman–Crippen LogP) is 3.53. The van der Waals surface area contributed by atoms with Crippen molar-refractivity contribution >= 4 is 45.8 Å². The van der Waals surface area contributed by atoms with Gasteiger partial charge in [-0.15, -0.1) is 0 Å². The third-order valence-electron chi connectivity index (χ3n) is 7.11. The zero-order valence-electron chi connectivity index (χ0n) is 23.9. The van der Waals surface area contributed by atoms with Gasteiger partial charge in [0, 0.05) is 41.1 Å². The summed E-state index contributed by atoms with van der Waals surface area (Å²) in [5.74, 6) is 1.13. The number of methoxy groups -OCH3 is 1.